The fourth-order valence-corrected chi connectivity index (χ4v) is 2.96. The number of aliphatic hydroxyl groups excluding tert-OH is 1. The molecule has 1 unspecified atom stereocenters. The summed E-state index contributed by atoms with van der Waals surface area (Å²) < 4.78 is 5.31. The SMILES string of the molecule is CC(C)(C)C(CCN)CCC(=O)NC1(CO)CCOCC1. The summed E-state index contributed by atoms with van der Waals surface area (Å²) in [6.07, 6.45) is 3.63. The summed E-state index contributed by atoms with van der Waals surface area (Å²) in [6, 6.07) is 0. The van der Waals surface area contributed by atoms with Gasteiger partial charge >= 0.3 is 0 Å². The first-order valence-electron chi connectivity index (χ1n) is 8.03. The number of carbonyl (C=O) groups is 1. The molecule has 1 aliphatic heterocycles. The van der Waals surface area contributed by atoms with Crippen LogP contribution in [0.4, 0.5) is 0 Å². The summed E-state index contributed by atoms with van der Waals surface area (Å²) in [6.45, 7) is 8.41. The molecule has 4 N–H and O–H groups in total. The molecule has 0 aromatic heterocycles. The van der Waals surface area contributed by atoms with E-state index in [0.29, 0.717) is 44.9 Å². The van der Waals surface area contributed by atoms with Crippen LogP contribution in [-0.2, 0) is 9.53 Å². The van der Waals surface area contributed by atoms with Gasteiger partial charge in [-0.2, -0.15) is 0 Å². The van der Waals surface area contributed by atoms with Gasteiger partial charge in [0.15, 0.2) is 0 Å². The second-order valence-corrected chi connectivity index (χ2v) is 7.28. The maximum absolute atomic E-state index is 12.2. The molecule has 0 aromatic carbocycles. The Morgan fingerprint density at radius 3 is 2.43 bits per heavy atom. The van der Waals surface area contributed by atoms with Crippen LogP contribution >= 0.6 is 0 Å². The predicted octanol–water partition coefficient (Wildman–Crippen LogP) is 1.44. The van der Waals surface area contributed by atoms with Gasteiger partial charge in [-0.1, -0.05) is 20.8 Å². The Labute approximate surface area is 128 Å². The third-order valence-corrected chi connectivity index (χ3v) is 4.62. The maximum Gasteiger partial charge on any atom is 0.220 e. The van der Waals surface area contributed by atoms with Crippen LogP contribution in [0, 0.1) is 11.3 Å². The first-order valence-corrected chi connectivity index (χ1v) is 8.03. The molecule has 0 radical (unpaired) electrons. The lowest BCUT2D eigenvalue weighted by Crippen LogP contribution is -2.54. The van der Waals surface area contributed by atoms with Gasteiger partial charge in [0.2, 0.25) is 5.91 Å². The van der Waals surface area contributed by atoms with Crippen LogP contribution in [0.15, 0.2) is 0 Å². The number of nitrogens with two attached hydrogens (primary N) is 1. The van der Waals surface area contributed by atoms with Crippen LogP contribution in [0.2, 0.25) is 0 Å². The second kappa shape index (κ2) is 8.11. The molecule has 0 bridgehead atoms. The highest BCUT2D eigenvalue weighted by molar-refractivity contribution is 5.76. The molecule has 1 fully saturated rings. The molecule has 124 valence electrons. The van der Waals surface area contributed by atoms with E-state index in [0.717, 1.165) is 12.8 Å². The number of nitrogens with one attached hydrogen (secondary N) is 1. The number of hydrogen-bond donors (Lipinski definition) is 3. The van der Waals surface area contributed by atoms with E-state index in [1.807, 2.05) is 0 Å². The molecule has 1 aliphatic rings. The number of hydrogen-bond acceptors (Lipinski definition) is 4. The van der Waals surface area contributed by atoms with E-state index in [1.54, 1.807) is 0 Å². The van der Waals surface area contributed by atoms with E-state index in [-0.39, 0.29) is 17.9 Å². The highest BCUT2D eigenvalue weighted by atomic mass is 16.5. The maximum atomic E-state index is 12.2. The van der Waals surface area contributed by atoms with Crippen molar-refractivity contribution in [1.82, 2.24) is 5.32 Å². The molecule has 0 spiro atoms. The Hall–Kier alpha value is -0.650. The number of amides is 1. The van der Waals surface area contributed by atoms with Crippen molar-refractivity contribution in [3.05, 3.63) is 0 Å². The van der Waals surface area contributed by atoms with Crippen molar-refractivity contribution < 1.29 is 14.6 Å². The quantitative estimate of drug-likeness (QED) is 0.664. The Kier molecular flexibility index (Phi) is 7.10. The van der Waals surface area contributed by atoms with Crippen molar-refractivity contribution in [3.8, 4) is 0 Å². The monoisotopic (exact) mass is 300 g/mol. The minimum Gasteiger partial charge on any atom is -0.394 e. The van der Waals surface area contributed by atoms with Gasteiger partial charge in [-0.05, 0) is 43.6 Å². The summed E-state index contributed by atoms with van der Waals surface area (Å²) in [5, 5.41) is 12.6. The van der Waals surface area contributed by atoms with E-state index in [4.69, 9.17) is 10.5 Å². The zero-order valence-corrected chi connectivity index (χ0v) is 13.8. The normalized spacial score (nSPS) is 20.0. The number of carbonyl (C=O) groups excluding carboxylic acids is 1. The van der Waals surface area contributed by atoms with Crippen molar-refractivity contribution in [2.24, 2.45) is 17.1 Å². The van der Waals surface area contributed by atoms with E-state index in [2.05, 4.69) is 26.1 Å². The van der Waals surface area contributed by atoms with Gasteiger partial charge in [-0.25, -0.2) is 0 Å². The number of aliphatic hydroxyl groups is 1. The Morgan fingerprint density at radius 2 is 1.95 bits per heavy atom. The standard InChI is InChI=1S/C16H32N2O3/c1-15(2,3)13(6-9-17)4-5-14(20)18-16(12-19)7-10-21-11-8-16/h13,19H,4-12,17H2,1-3H3,(H,18,20). The molecule has 5 nitrogen and oxygen atoms in total. The molecule has 1 heterocycles. The molecule has 1 rings (SSSR count). The molecule has 0 saturated carbocycles. The molecule has 1 saturated heterocycles. The molecule has 1 amide bonds. The summed E-state index contributed by atoms with van der Waals surface area (Å²) in [5.41, 5.74) is 5.35. The topological polar surface area (TPSA) is 84.6 Å². The van der Waals surface area contributed by atoms with Gasteiger partial charge in [-0.3, -0.25) is 4.79 Å². The first kappa shape index (κ1) is 18.4. The van der Waals surface area contributed by atoms with Gasteiger partial charge < -0.3 is 20.9 Å². The van der Waals surface area contributed by atoms with Crippen molar-refractivity contribution in [2.75, 3.05) is 26.4 Å². The number of ether oxygens (including phenoxy) is 1. The van der Waals surface area contributed by atoms with Crippen molar-refractivity contribution in [2.45, 2.75) is 58.4 Å². The van der Waals surface area contributed by atoms with Crippen LogP contribution in [0.1, 0.15) is 52.9 Å². The first-order chi connectivity index (χ1) is 9.83. The fourth-order valence-electron chi connectivity index (χ4n) is 2.96. The highest BCUT2D eigenvalue weighted by Crippen LogP contribution is 2.32. The lowest BCUT2D eigenvalue weighted by molar-refractivity contribution is -0.125. The molecule has 0 aromatic rings. The Bertz CT molecular complexity index is 320. The molecule has 5 heteroatoms. The average Bonchev–Trinajstić information content (AvgIpc) is 2.43. The predicted molar refractivity (Wildman–Crippen MR) is 83.9 cm³/mol. The van der Waals surface area contributed by atoms with E-state index < -0.39 is 5.54 Å². The molecular weight excluding hydrogens is 268 g/mol. The molecular formula is C16H32N2O3. The van der Waals surface area contributed by atoms with Crippen LogP contribution in [-0.4, -0.2) is 42.9 Å². The lowest BCUT2D eigenvalue weighted by Gasteiger charge is -2.37. The smallest absolute Gasteiger partial charge is 0.220 e. The third-order valence-electron chi connectivity index (χ3n) is 4.62. The summed E-state index contributed by atoms with van der Waals surface area (Å²) >= 11 is 0. The fraction of sp³-hybridized carbons (Fsp3) is 0.938. The van der Waals surface area contributed by atoms with E-state index in [1.165, 1.54) is 0 Å². The second-order valence-electron chi connectivity index (χ2n) is 7.28. The molecule has 21 heavy (non-hydrogen) atoms. The van der Waals surface area contributed by atoms with Crippen LogP contribution in [0.3, 0.4) is 0 Å². The minimum absolute atomic E-state index is 0.0202. The van der Waals surface area contributed by atoms with Gasteiger partial charge in [0.05, 0.1) is 12.1 Å². The van der Waals surface area contributed by atoms with Gasteiger partial charge in [0.1, 0.15) is 0 Å². The van der Waals surface area contributed by atoms with Gasteiger partial charge in [0.25, 0.3) is 0 Å². The van der Waals surface area contributed by atoms with Crippen LogP contribution in [0.5, 0.6) is 0 Å². The summed E-state index contributed by atoms with van der Waals surface area (Å²) in [5.74, 6) is 0.463. The van der Waals surface area contributed by atoms with Crippen molar-refractivity contribution in [1.29, 1.82) is 0 Å². The van der Waals surface area contributed by atoms with Crippen molar-refractivity contribution in [3.63, 3.8) is 0 Å². The zero-order chi connectivity index (χ0) is 15.9. The largest absolute Gasteiger partial charge is 0.394 e. The zero-order valence-electron chi connectivity index (χ0n) is 13.8. The lowest BCUT2D eigenvalue weighted by atomic mass is 9.76. The van der Waals surface area contributed by atoms with Crippen molar-refractivity contribution >= 4 is 5.91 Å². The minimum atomic E-state index is -0.486. The van der Waals surface area contributed by atoms with Crippen LogP contribution in [0.25, 0.3) is 0 Å². The summed E-state index contributed by atoms with van der Waals surface area (Å²) in [4.78, 5) is 12.2. The van der Waals surface area contributed by atoms with E-state index in [9.17, 15) is 9.90 Å². The van der Waals surface area contributed by atoms with Gasteiger partial charge in [-0.15, -0.1) is 0 Å². The number of rotatable bonds is 7. The van der Waals surface area contributed by atoms with E-state index >= 15 is 0 Å². The Morgan fingerprint density at radius 1 is 1.33 bits per heavy atom. The Balaban J connectivity index is 2.48. The van der Waals surface area contributed by atoms with Gasteiger partial charge in [0, 0.05) is 19.6 Å². The third kappa shape index (κ3) is 5.93. The molecule has 1 atom stereocenters. The average molecular weight is 300 g/mol. The molecule has 0 aliphatic carbocycles. The van der Waals surface area contributed by atoms with Crippen LogP contribution < -0.4 is 11.1 Å². The highest BCUT2D eigenvalue weighted by Gasteiger charge is 2.33. The summed E-state index contributed by atoms with van der Waals surface area (Å²) in [7, 11) is 0.